The summed E-state index contributed by atoms with van der Waals surface area (Å²) in [6.07, 6.45) is 0.667. The molecule has 0 radical (unpaired) electrons. The SMILES string of the molecule is CC1OC(C2(C3OC(C)O3)Cc3ccc(CO)cc3C2)O1. The van der Waals surface area contributed by atoms with Crippen LogP contribution >= 0.6 is 0 Å². The maximum Gasteiger partial charge on any atom is 0.174 e. The van der Waals surface area contributed by atoms with Crippen molar-refractivity contribution < 1.29 is 24.1 Å². The van der Waals surface area contributed by atoms with Crippen LogP contribution in [0.2, 0.25) is 0 Å². The third-order valence-corrected chi connectivity index (χ3v) is 4.69. The third kappa shape index (κ3) is 2.04. The summed E-state index contributed by atoms with van der Waals surface area (Å²) in [5.74, 6) is 0. The molecule has 0 saturated carbocycles. The van der Waals surface area contributed by atoms with Crippen molar-refractivity contribution in [1.29, 1.82) is 0 Å². The van der Waals surface area contributed by atoms with E-state index in [2.05, 4.69) is 12.1 Å². The zero-order chi connectivity index (χ0) is 14.6. The summed E-state index contributed by atoms with van der Waals surface area (Å²) in [4.78, 5) is 0. The smallest absolute Gasteiger partial charge is 0.174 e. The summed E-state index contributed by atoms with van der Waals surface area (Å²) in [5.41, 5.74) is 3.08. The van der Waals surface area contributed by atoms with E-state index in [9.17, 15) is 5.11 Å². The lowest BCUT2D eigenvalue weighted by atomic mass is 9.81. The minimum atomic E-state index is -0.324. The summed E-state index contributed by atoms with van der Waals surface area (Å²) >= 11 is 0. The van der Waals surface area contributed by atoms with E-state index in [1.807, 2.05) is 19.9 Å². The van der Waals surface area contributed by atoms with Crippen LogP contribution in [0.5, 0.6) is 0 Å². The fourth-order valence-corrected chi connectivity index (χ4v) is 3.59. The van der Waals surface area contributed by atoms with Gasteiger partial charge < -0.3 is 24.1 Å². The normalized spacial score (nSPS) is 41.3. The van der Waals surface area contributed by atoms with E-state index in [4.69, 9.17) is 18.9 Å². The zero-order valence-electron chi connectivity index (χ0n) is 12.2. The maximum absolute atomic E-state index is 9.30. The molecule has 1 N–H and O–H groups in total. The molecule has 5 heteroatoms. The van der Waals surface area contributed by atoms with Crippen LogP contribution in [0.25, 0.3) is 0 Å². The van der Waals surface area contributed by atoms with Crippen LogP contribution < -0.4 is 0 Å². The van der Waals surface area contributed by atoms with Crippen molar-refractivity contribution in [2.45, 2.75) is 58.5 Å². The topological polar surface area (TPSA) is 57.2 Å². The molecule has 0 aromatic heterocycles. The summed E-state index contributed by atoms with van der Waals surface area (Å²) in [7, 11) is 0. The third-order valence-electron chi connectivity index (χ3n) is 4.69. The largest absolute Gasteiger partial charge is 0.392 e. The summed E-state index contributed by atoms with van der Waals surface area (Å²) < 4.78 is 23.1. The highest BCUT2D eigenvalue weighted by Gasteiger charge is 2.59. The molecular weight excluding hydrogens is 272 g/mol. The van der Waals surface area contributed by atoms with Crippen LogP contribution in [-0.2, 0) is 38.4 Å². The highest BCUT2D eigenvalue weighted by atomic mass is 16.9. The van der Waals surface area contributed by atoms with Gasteiger partial charge in [-0.15, -0.1) is 0 Å². The van der Waals surface area contributed by atoms with E-state index in [0.717, 1.165) is 18.4 Å². The first kappa shape index (κ1) is 13.7. The number of ether oxygens (including phenoxy) is 4. The number of aliphatic hydroxyl groups is 1. The predicted molar refractivity (Wildman–Crippen MR) is 73.0 cm³/mol. The standard InChI is InChI=1S/C16H20O5/c1-9-18-14(19-9)16(15-20-10(2)21-15)6-12-4-3-11(8-17)5-13(12)7-16/h3-5,9-10,14-15,17H,6-8H2,1-2H3. The van der Waals surface area contributed by atoms with E-state index < -0.39 is 0 Å². The first-order chi connectivity index (χ1) is 10.1. The van der Waals surface area contributed by atoms with Crippen molar-refractivity contribution in [3.05, 3.63) is 34.9 Å². The van der Waals surface area contributed by atoms with Crippen molar-refractivity contribution in [2.75, 3.05) is 0 Å². The molecule has 2 heterocycles. The number of benzene rings is 1. The molecule has 2 saturated heterocycles. The molecule has 5 nitrogen and oxygen atoms in total. The van der Waals surface area contributed by atoms with Gasteiger partial charge in [0.05, 0.1) is 12.0 Å². The lowest BCUT2D eigenvalue weighted by molar-refractivity contribution is -0.479. The monoisotopic (exact) mass is 292 g/mol. The Morgan fingerprint density at radius 1 is 1.00 bits per heavy atom. The van der Waals surface area contributed by atoms with E-state index in [-0.39, 0.29) is 37.2 Å². The van der Waals surface area contributed by atoms with Crippen molar-refractivity contribution in [1.82, 2.24) is 0 Å². The average molecular weight is 292 g/mol. The molecule has 1 aromatic carbocycles. The lowest BCUT2D eigenvalue weighted by Gasteiger charge is -2.52. The first-order valence-corrected chi connectivity index (χ1v) is 7.44. The Balaban J connectivity index is 1.63. The van der Waals surface area contributed by atoms with Crippen molar-refractivity contribution in [3.63, 3.8) is 0 Å². The zero-order valence-corrected chi connectivity index (χ0v) is 12.2. The molecule has 114 valence electrons. The van der Waals surface area contributed by atoms with Gasteiger partial charge in [0.2, 0.25) is 0 Å². The Morgan fingerprint density at radius 3 is 2.10 bits per heavy atom. The Hall–Kier alpha value is -0.980. The van der Waals surface area contributed by atoms with Crippen LogP contribution in [0.4, 0.5) is 0 Å². The predicted octanol–water partition coefficient (Wildman–Crippen LogP) is 1.70. The van der Waals surface area contributed by atoms with Gasteiger partial charge in [-0.25, -0.2) is 0 Å². The molecule has 21 heavy (non-hydrogen) atoms. The number of fused-ring (bicyclic) bond motifs is 1. The van der Waals surface area contributed by atoms with E-state index >= 15 is 0 Å². The molecule has 2 aliphatic heterocycles. The molecule has 3 aliphatic rings. The van der Waals surface area contributed by atoms with Gasteiger partial charge in [-0.3, -0.25) is 0 Å². The summed E-state index contributed by atoms with van der Waals surface area (Å²) in [5, 5.41) is 9.30. The van der Waals surface area contributed by atoms with E-state index in [1.165, 1.54) is 11.1 Å². The summed E-state index contributed by atoms with van der Waals surface area (Å²) in [6.45, 7) is 3.84. The lowest BCUT2D eigenvalue weighted by Crippen LogP contribution is -2.62. The van der Waals surface area contributed by atoms with Crippen LogP contribution in [-0.4, -0.2) is 30.3 Å². The molecule has 0 atom stereocenters. The van der Waals surface area contributed by atoms with Crippen LogP contribution in [0, 0.1) is 5.41 Å². The van der Waals surface area contributed by atoms with E-state index in [1.54, 1.807) is 0 Å². The molecule has 2 fully saturated rings. The Labute approximate surface area is 123 Å². The number of rotatable bonds is 3. The number of hydrogen-bond acceptors (Lipinski definition) is 5. The van der Waals surface area contributed by atoms with Gasteiger partial charge in [-0.05, 0) is 43.4 Å². The van der Waals surface area contributed by atoms with Gasteiger partial charge in [0.25, 0.3) is 0 Å². The average Bonchev–Trinajstić information content (AvgIpc) is 2.79. The molecule has 1 aromatic rings. The quantitative estimate of drug-likeness (QED) is 0.919. The molecular formula is C16H20O5. The number of hydrogen-bond donors (Lipinski definition) is 1. The first-order valence-electron chi connectivity index (χ1n) is 7.44. The van der Waals surface area contributed by atoms with Crippen LogP contribution in [0.15, 0.2) is 18.2 Å². The Bertz CT molecular complexity index is 528. The minimum absolute atomic E-state index is 0.0568. The van der Waals surface area contributed by atoms with Gasteiger partial charge in [0, 0.05) is 0 Å². The van der Waals surface area contributed by atoms with Gasteiger partial charge in [0.1, 0.15) is 0 Å². The highest BCUT2D eigenvalue weighted by molar-refractivity contribution is 5.38. The van der Waals surface area contributed by atoms with Gasteiger partial charge in [-0.2, -0.15) is 0 Å². The fourth-order valence-electron chi connectivity index (χ4n) is 3.59. The Morgan fingerprint density at radius 2 is 1.57 bits per heavy atom. The second-order valence-corrected chi connectivity index (χ2v) is 6.19. The second-order valence-electron chi connectivity index (χ2n) is 6.19. The fraction of sp³-hybridized carbons (Fsp3) is 0.625. The molecule has 1 aliphatic carbocycles. The summed E-state index contributed by atoms with van der Waals surface area (Å²) in [6, 6.07) is 6.10. The maximum atomic E-state index is 9.30. The van der Waals surface area contributed by atoms with Crippen LogP contribution in [0.1, 0.15) is 30.5 Å². The van der Waals surface area contributed by atoms with Gasteiger partial charge in [-0.1, -0.05) is 18.2 Å². The molecule has 0 unspecified atom stereocenters. The molecule has 0 amide bonds. The molecule has 0 bridgehead atoms. The highest BCUT2D eigenvalue weighted by Crippen LogP contribution is 2.51. The number of aliphatic hydroxyl groups excluding tert-OH is 1. The van der Waals surface area contributed by atoms with Crippen molar-refractivity contribution >= 4 is 0 Å². The van der Waals surface area contributed by atoms with Crippen molar-refractivity contribution in [2.24, 2.45) is 5.41 Å². The van der Waals surface area contributed by atoms with Crippen molar-refractivity contribution in [3.8, 4) is 0 Å². The van der Waals surface area contributed by atoms with Crippen LogP contribution in [0.3, 0.4) is 0 Å². The Kier molecular flexibility index (Phi) is 3.10. The van der Waals surface area contributed by atoms with Gasteiger partial charge in [0.15, 0.2) is 25.2 Å². The van der Waals surface area contributed by atoms with E-state index in [0.29, 0.717) is 0 Å². The van der Waals surface area contributed by atoms with Gasteiger partial charge >= 0.3 is 0 Å². The minimum Gasteiger partial charge on any atom is -0.392 e. The molecule has 0 spiro atoms. The second kappa shape index (κ2) is 4.76. The molecule has 4 rings (SSSR count).